The summed E-state index contributed by atoms with van der Waals surface area (Å²) >= 11 is 0. The van der Waals surface area contributed by atoms with Gasteiger partial charge in [0, 0.05) is 24.1 Å². The number of hydrogen-bond acceptors (Lipinski definition) is 3. The van der Waals surface area contributed by atoms with Crippen molar-refractivity contribution in [3.8, 4) is 11.4 Å². The van der Waals surface area contributed by atoms with E-state index in [2.05, 4.69) is 15.2 Å². The van der Waals surface area contributed by atoms with Crippen LogP contribution < -0.4 is 0 Å². The third-order valence-corrected chi connectivity index (χ3v) is 5.31. The Morgan fingerprint density at radius 2 is 1.91 bits per heavy atom. The highest BCUT2D eigenvalue weighted by Gasteiger charge is 2.53. The van der Waals surface area contributed by atoms with E-state index in [0.717, 1.165) is 56.6 Å². The standard InChI is InChI=1S/C17H19FN4O/c18-14-3-1-12(2-4-14)15-19-16(21-20-15)17(7-8-17)13-5-9-22(11-23)10-6-13/h1-4,11,13H,5-10H2,(H,19,20,21). The van der Waals surface area contributed by atoms with Gasteiger partial charge in [0.15, 0.2) is 5.82 Å². The Balaban J connectivity index is 1.54. The molecule has 4 rings (SSSR count). The fraction of sp³-hybridized carbons (Fsp3) is 0.471. The second-order valence-corrected chi connectivity index (χ2v) is 6.59. The fourth-order valence-corrected chi connectivity index (χ4v) is 3.74. The lowest BCUT2D eigenvalue weighted by Gasteiger charge is -2.33. The van der Waals surface area contributed by atoms with Gasteiger partial charge in [-0.25, -0.2) is 9.37 Å². The van der Waals surface area contributed by atoms with Crippen molar-refractivity contribution in [2.45, 2.75) is 31.1 Å². The van der Waals surface area contributed by atoms with Crippen LogP contribution in [0.25, 0.3) is 11.4 Å². The van der Waals surface area contributed by atoms with E-state index in [1.165, 1.54) is 12.1 Å². The van der Waals surface area contributed by atoms with E-state index in [1.807, 2.05) is 4.90 Å². The van der Waals surface area contributed by atoms with E-state index in [0.29, 0.717) is 11.7 Å². The molecule has 2 aromatic rings. The van der Waals surface area contributed by atoms with Crippen molar-refractivity contribution in [2.75, 3.05) is 13.1 Å². The first-order valence-corrected chi connectivity index (χ1v) is 8.09. The van der Waals surface area contributed by atoms with Crippen LogP contribution in [0.4, 0.5) is 4.39 Å². The van der Waals surface area contributed by atoms with Crippen LogP contribution in [-0.4, -0.2) is 39.6 Å². The Labute approximate surface area is 133 Å². The van der Waals surface area contributed by atoms with Crippen molar-refractivity contribution < 1.29 is 9.18 Å². The fourth-order valence-electron chi connectivity index (χ4n) is 3.74. The Bertz CT molecular complexity index is 700. The zero-order chi connectivity index (χ0) is 15.9. The molecule has 1 aliphatic carbocycles. The summed E-state index contributed by atoms with van der Waals surface area (Å²) in [5, 5.41) is 7.43. The van der Waals surface area contributed by atoms with E-state index in [4.69, 9.17) is 0 Å². The summed E-state index contributed by atoms with van der Waals surface area (Å²) in [5.41, 5.74) is 0.917. The van der Waals surface area contributed by atoms with Crippen LogP contribution in [0.15, 0.2) is 24.3 Å². The van der Waals surface area contributed by atoms with E-state index in [-0.39, 0.29) is 11.2 Å². The highest BCUT2D eigenvalue weighted by Crippen LogP contribution is 2.55. The second-order valence-electron chi connectivity index (χ2n) is 6.59. The summed E-state index contributed by atoms with van der Waals surface area (Å²) < 4.78 is 13.0. The molecule has 0 atom stereocenters. The zero-order valence-electron chi connectivity index (χ0n) is 12.8. The average Bonchev–Trinajstić information content (AvgIpc) is 3.26. The molecule has 0 unspecified atom stereocenters. The van der Waals surface area contributed by atoms with Crippen LogP contribution in [0.1, 0.15) is 31.5 Å². The molecule has 2 heterocycles. The minimum absolute atomic E-state index is 0.0975. The predicted octanol–water partition coefficient (Wildman–Crippen LogP) is 2.51. The predicted molar refractivity (Wildman–Crippen MR) is 83.0 cm³/mol. The molecule has 1 aromatic heterocycles. The third-order valence-electron chi connectivity index (χ3n) is 5.31. The van der Waals surface area contributed by atoms with Gasteiger partial charge < -0.3 is 4.90 Å². The Kier molecular flexibility index (Phi) is 3.39. The normalized spacial score (nSPS) is 20.5. The molecule has 5 nitrogen and oxygen atoms in total. The van der Waals surface area contributed by atoms with Crippen LogP contribution in [0, 0.1) is 11.7 Å². The van der Waals surface area contributed by atoms with Crippen molar-refractivity contribution in [3.05, 3.63) is 35.9 Å². The minimum Gasteiger partial charge on any atom is -0.345 e. The van der Waals surface area contributed by atoms with Crippen molar-refractivity contribution >= 4 is 6.41 Å². The lowest BCUT2D eigenvalue weighted by atomic mass is 9.81. The SMILES string of the molecule is O=CN1CCC(C2(c3nc(-c4ccc(F)cc4)n[nH]3)CC2)CC1. The van der Waals surface area contributed by atoms with Gasteiger partial charge >= 0.3 is 0 Å². The molecule has 1 amide bonds. The molecule has 6 heteroatoms. The van der Waals surface area contributed by atoms with Gasteiger partial charge in [-0.3, -0.25) is 9.89 Å². The number of aromatic nitrogens is 3. The number of piperidine rings is 1. The summed E-state index contributed by atoms with van der Waals surface area (Å²) in [4.78, 5) is 17.4. The Morgan fingerprint density at radius 1 is 1.22 bits per heavy atom. The molecule has 0 bridgehead atoms. The number of rotatable bonds is 4. The molecule has 23 heavy (non-hydrogen) atoms. The topological polar surface area (TPSA) is 61.9 Å². The van der Waals surface area contributed by atoms with Gasteiger partial charge in [-0.1, -0.05) is 0 Å². The first-order chi connectivity index (χ1) is 11.2. The molecular formula is C17H19FN4O. The molecular weight excluding hydrogens is 295 g/mol. The summed E-state index contributed by atoms with van der Waals surface area (Å²) in [6.07, 6.45) is 5.22. The number of likely N-dealkylation sites (tertiary alicyclic amines) is 1. The maximum absolute atomic E-state index is 13.0. The number of amides is 1. The minimum atomic E-state index is -0.259. The first-order valence-electron chi connectivity index (χ1n) is 8.09. The van der Waals surface area contributed by atoms with Gasteiger partial charge in [0.2, 0.25) is 6.41 Å². The number of hydrogen-bond donors (Lipinski definition) is 1. The third kappa shape index (κ3) is 2.52. The number of benzene rings is 1. The molecule has 1 aromatic carbocycles. The van der Waals surface area contributed by atoms with E-state index in [1.54, 1.807) is 12.1 Å². The van der Waals surface area contributed by atoms with Crippen LogP contribution in [-0.2, 0) is 10.2 Å². The largest absolute Gasteiger partial charge is 0.345 e. The number of H-pyrrole nitrogens is 1. The van der Waals surface area contributed by atoms with Crippen molar-refractivity contribution in [1.82, 2.24) is 20.1 Å². The number of nitrogens with zero attached hydrogens (tertiary/aromatic N) is 3. The maximum Gasteiger partial charge on any atom is 0.209 e. The first kappa shape index (κ1) is 14.4. The van der Waals surface area contributed by atoms with Gasteiger partial charge in [-0.15, -0.1) is 0 Å². The molecule has 0 spiro atoms. The van der Waals surface area contributed by atoms with Crippen LogP contribution in [0.3, 0.4) is 0 Å². The summed E-state index contributed by atoms with van der Waals surface area (Å²) in [5.74, 6) is 1.86. The molecule has 2 fully saturated rings. The van der Waals surface area contributed by atoms with Crippen LogP contribution >= 0.6 is 0 Å². The Morgan fingerprint density at radius 3 is 2.52 bits per heavy atom. The van der Waals surface area contributed by atoms with Gasteiger partial charge in [0.05, 0.1) is 0 Å². The van der Waals surface area contributed by atoms with Crippen molar-refractivity contribution in [1.29, 1.82) is 0 Å². The van der Waals surface area contributed by atoms with Gasteiger partial charge in [-0.2, -0.15) is 5.10 Å². The number of carbonyl (C=O) groups is 1. The average molecular weight is 314 g/mol. The molecule has 2 aliphatic rings. The molecule has 1 aliphatic heterocycles. The highest BCUT2D eigenvalue weighted by molar-refractivity contribution is 5.54. The lowest BCUT2D eigenvalue weighted by molar-refractivity contribution is -0.119. The van der Waals surface area contributed by atoms with Gasteiger partial charge in [0.25, 0.3) is 0 Å². The van der Waals surface area contributed by atoms with E-state index >= 15 is 0 Å². The van der Waals surface area contributed by atoms with E-state index < -0.39 is 0 Å². The molecule has 0 radical (unpaired) electrons. The number of aromatic amines is 1. The molecule has 1 saturated heterocycles. The van der Waals surface area contributed by atoms with Crippen molar-refractivity contribution in [2.24, 2.45) is 5.92 Å². The smallest absolute Gasteiger partial charge is 0.209 e. The second kappa shape index (κ2) is 5.44. The van der Waals surface area contributed by atoms with E-state index in [9.17, 15) is 9.18 Å². The quantitative estimate of drug-likeness (QED) is 0.882. The number of carbonyl (C=O) groups excluding carboxylic acids is 1. The van der Waals surface area contributed by atoms with Gasteiger partial charge in [-0.05, 0) is 55.9 Å². The number of nitrogens with one attached hydrogen (secondary N) is 1. The summed E-state index contributed by atoms with van der Waals surface area (Å²) in [7, 11) is 0. The molecule has 120 valence electrons. The maximum atomic E-state index is 13.0. The summed E-state index contributed by atoms with van der Waals surface area (Å²) in [6.45, 7) is 1.66. The molecule has 1 N–H and O–H groups in total. The number of halogens is 1. The zero-order valence-corrected chi connectivity index (χ0v) is 12.8. The Hall–Kier alpha value is -2.24. The summed E-state index contributed by atoms with van der Waals surface area (Å²) in [6, 6.07) is 6.25. The van der Waals surface area contributed by atoms with Crippen LogP contribution in [0.5, 0.6) is 0 Å². The van der Waals surface area contributed by atoms with Crippen molar-refractivity contribution in [3.63, 3.8) is 0 Å². The monoisotopic (exact) mass is 314 g/mol. The van der Waals surface area contributed by atoms with Gasteiger partial charge in [0.1, 0.15) is 11.6 Å². The van der Waals surface area contributed by atoms with Crippen LogP contribution in [0.2, 0.25) is 0 Å². The lowest BCUT2D eigenvalue weighted by Crippen LogP contribution is -2.37. The molecule has 1 saturated carbocycles. The highest BCUT2D eigenvalue weighted by atomic mass is 19.1.